The molecule has 5 heteroatoms. The Bertz CT molecular complexity index is 478. The van der Waals surface area contributed by atoms with Crippen LogP contribution in [0, 0.1) is 0 Å². The molecule has 2 rings (SSSR count). The molecule has 1 unspecified atom stereocenters. The SMILES string of the molecule is CS(=O)c1ccc(NC(=O)CC2(O)CCCC2)cc1. The zero-order chi connectivity index (χ0) is 13.9. The number of amides is 1. The number of nitrogens with one attached hydrogen (secondary N) is 1. The summed E-state index contributed by atoms with van der Waals surface area (Å²) in [7, 11) is -1.01. The molecule has 0 bridgehead atoms. The molecule has 1 fully saturated rings. The summed E-state index contributed by atoms with van der Waals surface area (Å²) in [6.07, 6.45) is 5.14. The number of carbonyl (C=O) groups is 1. The van der Waals surface area contributed by atoms with Gasteiger partial charge in [-0.2, -0.15) is 0 Å². The van der Waals surface area contributed by atoms with Gasteiger partial charge >= 0.3 is 0 Å². The number of aliphatic hydroxyl groups is 1. The third-order valence-electron chi connectivity index (χ3n) is 3.49. The van der Waals surface area contributed by atoms with Gasteiger partial charge in [0.2, 0.25) is 5.91 Å². The van der Waals surface area contributed by atoms with Crippen molar-refractivity contribution in [3.63, 3.8) is 0 Å². The lowest BCUT2D eigenvalue weighted by atomic mass is 9.97. The number of rotatable bonds is 4. The molecule has 4 nitrogen and oxygen atoms in total. The molecule has 1 atom stereocenters. The standard InChI is InChI=1S/C14H19NO3S/c1-19(18)12-6-4-11(5-7-12)15-13(16)10-14(17)8-2-3-9-14/h4-7,17H,2-3,8-10H2,1H3,(H,15,16). The topological polar surface area (TPSA) is 66.4 Å². The van der Waals surface area contributed by atoms with Gasteiger partial charge in [0.15, 0.2) is 0 Å². The lowest BCUT2D eigenvalue weighted by Gasteiger charge is -2.21. The van der Waals surface area contributed by atoms with E-state index in [4.69, 9.17) is 0 Å². The van der Waals surface area contributed by atoms with Crippen LogP contribution >= 0.6 is 0 Å². The Morgan fingerprint density at radius 1 is 1.32 bits per heavy atom. The highest BCUT2D eigenvalue weighted by molar-refractivity contribution is 7.84. The Kier molecular flexibility index (Phi) is 4.37. The Balaban J connectivity index is 1.93. The number of hydrogen-bond acceptors (Lipinski definition) is 3. The second-order valence-electron chi connectivity index (χ2n) is 5.13. The number of hydrogen-bond donors (Lipinski definition) is 2. The first-order valence-corrected chi connectivity index (χ1v) is 8.00. The molecule has 104 valence electrons. The van der Waals surface area contributed by atoms with Crippen molar-refractivity contribution in [1.29, 1.82) is 0 Å². The summed E-state index contributed by atoms with van der Waals surface area (Å²) in [5, 5.41) is 12.9. The highest BCUT2D eigenvalue weighted by Crippen LogP contribution is 2.32. The molecular formula is C14H19NO3S. The van der Waals surface area contributed by atoms with Crippen molar-refractivity contribution in [2.45, 2.75) is 42.6 Å². The zero-order valence-corrected chi connectivity index (χ0v) is 11.8. The molecule has 0 heterocycles. The van der Waals surface area contributed by atoms with Crippen LogP contribution in [0.1, 0.15) is 32.1 Å². The molecule has 0 aromatic heterocycles. The van der Waals surface area contributed by atoms with Gasteiger partial charge in [-0.3, -0.25) is 9.00 Å². The van der Waals surface area contributed by atoms with Gasteiger partial charge < -0.3 is 10.4 Å². The molecule has 1 aromatic rings. The average Bonchev–Trinajstić information content (AvgIpc) is 2.76. The van der Waals surface area contributed by atoms with E-state index in [-0.39, 0.29) is 12.3 Å². The molecule has 1 amide bonds. The summed E-state index contributed by atoms with van der Waals surface area (Å²) >= 11 is 0. The molecule has 0 radical (unpaired) electrons. The third kappa shape index (κ3) is 3.88. The van der Waals surface area contributed by atoms with E-state index in [1.807, 2.05) is 0 Å². The van der Waals surface area contributed by atoms with Gasteiger partial charge in [-0.05, 0) is 37.1 Å². The third-order valence-corrected chi connectivity index (χ3v) is 4.43. The summed E-state index contributed by atoms with van der Waals surface area (Å²) in [5.74, 6) is -0.172. The van der Waals surface area contributed by atoms with Crippen LogP contribution in [-0.4, -0.2) is 27.1 Å². The molecule has 19 heavy (non-hydrogen) atoms. The fourth-order valence-electron chi connectivity index (χ4n) is 2.44. The van der Waals surface area contributed by atoms with E-state index < -0.39 is 16.4 Å². The monoisotopic (exact) mass is 281 g/mol. The maximum atomic E-state index is 11.9. The summed E-state index contributed by atoms with van der Waals surface area (Å²) in [6.45, 7) is 0. The molecule has 1 aromatic carbocycles. The quantitative estimate of drug-likeness (QED) is 0.887. The highest BCUT2D eigenvalue weighted by atomic mass is 32.2. The predicted molar refractivity (Wildman–Crippen MR) is 75.4 cm³/mol. The minimum absolute atomic E-state index is 0.147. The van der Waals surface area contributed by atoms with E-state index in [1.165, 1.54) is 0 Å². The van der Waals surface area contributed by atoms with Gasteiger partial charge in [0, 0.05) is 27.6 Å². The van der Waals surface area contributed by atoms with Crippen LogP contribution in [-0.2, 0) is 15.6 Å². The van der Waals surface area contributed by atoms with Crippen LogP contribution in [0.25, 0.3) is 0 Å². The van der Waals surface area contributed by atoms with Crippen LogP contribution in [0.4, 0.5) is 5.69 Å². The fourth-order valence-corrected chi connectivity index (χ4v) is 2.96. The van der Waals surface area contributed by atoms with Gasteiger partial charge in [0.05, 0.1) is 12.0 Å². The van der Waals surface area contributed by atoms with Crippen molar-refractivity contribution in [3.05, 3.63) is 24.3 Å². The van der Waals surface area contributed by atoms with Crippen LogP contribution < -0.4 is 5.32 Å². The molecule has 0 spiro atoms. The normalized spacial score (nSPS) is 19.1. The van der Waals surface area contributed by atoms with E-state index in [2.05, 4.69) is 5.32 Å². The van der Waals surface area contributed by atoms with Crippen LogP contribution in [0.15, 0.2) is 29.2 Å². The highest BCUT2D eigenvalue weighted by Gasteiger charge is 2.33. The van der Waals surface area contributed by atoms with E-state index in [1.54, 1.807) is 30.5 Å². The molecule has 1 saturated carbocycles. The second kappa shape index (κ2) is 5.84. The van der Waals surface area contributed by atoms with Gasteiger partial charge in [0.1, 0.15) is 0 Å². The van der Waals surface area contributed by atoms with Crippen molar-refractivity contribution in [3.8, 4) is 0 Å². The van der Waals surface area contributed by atoms with Crippen molar-refractivity contribution in [2.75, 3.05) is 11.6 Å². The zero-order valence-electron chi connectivity index (χ0n) is 11.0. The summed E-state index contributed by atoms with van der Waals surface area (Å²) in [4.78, 5) is 12.6. The van der Waals surface area contributed by atoms with E-state index in [9.17, 15) is 14.1 Å². The van der Waals surface area contributed by atoms with E-state index in [0.717, 1.165) is 17.7 Å². The van der Waals surface area contributed by atoms with Gasteiger partial charge in [0.25, 0.3) is 0 Å². The lowest BCUT2D eigenvalue weighted by Crippen LogP contribution is -2.30. The lowest BCUT2D eigenvalue weighted by molar-refractivity contribution is -0.120. The Hall–Kier alpha value is -1.20. The first kappa shape index (κ1) is 14.2. The van der Waals surface area contributed by atoms with Gasteiger partial charge in [-0.25, -0.2) is 0 Å². The van der Waals surface area contributed by atoms with Crippen LogP contribution in [0.3, 0.4) is 0 Å². The largest absolute Gasteiger partial charge is 0.389 e. The molecule has 1 aliphatic rings. The van der Waals surface area contributed by atoms with Crippen LogP contribution in [0.2, 0.25) is 0 Å². The van der Waals surface area contributed by atoms with Crippen LogP contribution in [0.5, 0.6) is 0 Å². The summed E-state index contributed by atoms with van der Waals surface area (Å²) < 4.78 is 11.2. The van der Waals surface area contributed by atoms with Gasteiger partial charge in [-0.1, -0.05) is 12.8 Å². The molecule has 1 aliphatic carbocycles. The molecular weight excluding hydrogens is 262 g/mol. The Morgan fingerprint density at radius 2 is 1.89 bits per heavy atom. The van der Waals surface area contributed by atoms with Crippen molar-refractivity contribution in [1.82, 2.24) is 0 Å². The molecule has 2 N–H and O–H groups in total. The first-order valence-electron chi connectivity index (χ1n) is 6.44. The fraction of sp³-hybridized carbons (Fsp3) is 0.500. The maximum absolute atomic E-state index is 11.9. The van der Waals surface area contributed by atoms with Crippen molar-refractivity contribution >= 4 is 22.4 Å². The summed E-state index contributed by atoms with van der Waals surface area (Å²) in [5.41, 5.74) is -0.157. The number of benzene rings is 1. The molecule has 0 aliphatic heterocycles. The minimum Gasteiger partial charge on any atom is -0.389 e. The second-order valence-corrected chi connectivity index (χ2v) is 6.51. The van der Waals surface area contributed by atoms with E-state index >= 15 is 0 Å². The number of carbonyl (C=O) groups excluding carboxylic acids is 1. The van der Waals surface area contributed by atoms with E-state index in [0.29, 0.717) is 18.5 Å². The van der Waals surface area contributed by atoms with Crippen molar-refractivity contribution in [2.24, 2.45) is 0 Å². The minimum atomic E-state index is -1.01. The Labute approximate surface area is 115 Å². The first-order chi connectivity index (χ1) is 8.98. The number of anilines is 1. The van der Waals surface area contributed by atoms with Crippen molar-refractivity contribution < 1.29 is 14.1 Å². The maximum Gasteiger partial charge on any atom is 0.227 e. The van der Waals surface area contributed by atoms with Gasteiger partial charge in [-0.15, -0.1) is 0 Å². The Morgan fingerprint density at radius 3 is 2.42 bits per heavy atom. The predicted octanol–water partition coefficient (Wildman–Crippen LogP) is 2.06. The average molecular weight is 281 g/mol. The molecule has 0 saturated heterocycles. The smallest absolute Gasteiger partial charge is 0.227 e. The summed E-state index contributed by atoms with van der Waals surface area (Å²) in [6, 6.07) is 6.92.